The summed E-state index contributed by atoms with van der Waals surface area (Å²) in [4.78, 5) is 0. The largest absolute Gasteiger partial charge is 0.376 e. The minimum absolute atomic E-state index is 0.162. The molecule has 0 bridgehead atoms. The third kappa shape index (κ3) is 3.59. The summed E-state index contributed by atoms with van der Waals surface area (Å²) < 4.78 is 28.8. The minimum Gasteiger partial charge on any atom is -0.376 e. The molecule has 0 rings (SSSR count). The number of thiocarbonyl (C=S) groups is 1. The number of hydrogen-bond donors (Lipinski definition) is 3. The number of nitrogens with two attached hydrogens (primary N) is 1. The van der Waals surface area contributed by atoms with E-state index in [0.29, 0.717) is 0 Å². The molecule has 0 aliphatic rings. The highest BCUT2D eigenvalue weighted by Gasteiger charge is 2.16. The molecule has 0 saturated carbocycles. The Morgan fingerprint density at radius 2 is 2.20 bits per heavy atom. The predicted octanol–water partition coefficient (Wildman–Crippen LogP) is -0.947. The molecule has 5 nitrogen and oxygen atoms in total. The first kappa shape index (κ1) is 9.60. The van der Waals surface area contributed by atoms with Gasteiger partial charge in [-0.3, -0.25) is 4.55 Å². The van der Waals surface area contributed by atoms with E-state index in [-0.39, 0.29) is 5.11 Å². The van der Waals surface area contributed by atoms with Gasteiger partial charge in [0, 0.05) is 0 Å². The molecule has 1 unspecified atom stereocenters. The molecule has 60 valence electrons. The molecule has 0 radical (unpaired) electrons. The summed E-state index contributed by atoms with van der Waals surface area (Å²) in [5, 5.41) is 0.844. The van der Waals surface area contributed by atoms with Crippen molar-refractivity contribution in [2.45, 2.75) is 12.3 Å². The second-order valence-corrected chi connectivity index (χ2v) is 3.84. The maximum Gasteiger partial charge on any atom is 0.285 e. The summed E-state index contributed by atoms with van der Waals surface area (Å²) in [5.74, 6) is 0. The molecule has 10 heavy (non-hydrogen) atoms. The van der Waals surface area contributed by atoms with E-state index in [0.717, 1.165) is 0 Å². The lowest BCUT2D eigenvalue weighted by Crippen LogP contribution is -2.41. The lowest BCUT2D eigenvalue weighted by molar-refractivity contribution is 0.466. The van der Waals surface area contributed by atoms with Gasteiger partial charge in [-0.15, -0.1) is 0 Å². The van der Waals surface area contributed by atoms with Crippen molar-refractivity contribution in [1.82, 2.24) is 5.32 Å². The monoisotopic (exact) mass is 184 g/mol. The Kier molecular flexibility index (Phi) is 3.00. The molecule has 0 fully saturated rings. The zero-order valence-electron chi connectivity index (χ0n) is 5.23. The van der Waals surface area contributed by atoms with Crippen LogP contribution in [0.3, 0.4) is 0 Å². The van der Waals surface area contributed by atoms with Crippen LogP contribution in [0.25, 0.3) is 0 Å². The lowest BCUT2D eigenvalue weighted by atomic mass is 10.7. The van der Waals surface area contributed by atoms with Crippen LogP contribution in [-0.2, 0) is 10.1 Å². The van der Waals surface area contributed by atoms with Crippen molar-refractivity contribution in [3.05, 3.63) is 0 Å². The third-order valence-corrected chi connectivity index (χ3v) is 1.92. The molecule has 0 aliphatic heterocycles. The molecule has 0 aliphatic carbocycles. The van der Waals surface area contributed by atoms with E-state index >= 15 is 0 Å². The van der Waals surface area contributed by atoms with Crippen molar-refractivity contribution >= 4 is 27.4 Å². The fourth-order valence-electron chi connectivity index (χ4n) is 0.275. The van der Waals surface area contributed by atoms with Gasteiger partial charge in [-0.25, -0.2) is 0 Å². The fourth-order valence-corrected chi connectivity index (χ4v) is 0.802. The van der Waals surface area contributed by atoms with Crippen LogP contribution in [-0.4, -0.2) is 23.5 Å². The van der Waals surface area contributed by atoms with Crippen molar-refractivity contribution < 1.29 is 13.0 Å². The Labute approximate surface area is 64.3 Å². The first-order valence-corrected chi connectivity index (χ1v) is 4.27. The van der Waals surface area contributed by atoms with E-state index in [1.807, 2.05) is 0 Å². The summed E-state index contributed by atoms with van der Waals surface area (Å²) in [7, 11) is -4.08. The van der Waals surface area contributed by atoms with Gasteiger partial charge in [0.2, 0.25) is 0 Å². The van der Waals surface area contributed by atoms with E-state index < -0.39 is 15.5 Å². The fraction of sp³-hybridized carbons (Fsp3) is 0.667. The summed E-state index contributed by atoms with van der Waals surface area (Å²) in [5.41, 5.74) is 4.93. The van der Waals surface area contributed by atoms with Crippen molar-refractivity contribution in [1.29, 1.82) is 0 Å². The Bertz CT molecular complexity index is 222. The SMILES string of the molecule is CC(NC(N)=S)S(=O)(=O)O. The predicted molar refractivity (Wildman–Crippen MR) is 40.9 cm³/mol. The Morgan fingerprint density at radius 1 is 1.80 bits per heavy atom. The smallest absolute Gasteiger partial charge is 0.285 e. The van der Waals surface area contributed by atoms with Gasteiger partial charge in [0.25, 0.3) is 10.1 Å². The summed E-state index contributed by atoms with van der Waals surface area (Å²) in [6, 6.07) is 0. The molecule has 0 aromatic heterocycles. The normalized spacial score (nSPS) is 14.2. The second-order valence-electron chi connectivity index (χ2n) is 1.67. The Balaban J connectivity index is 4.12. The Morgan fingerprint density at radius 3 is 2.30 bits per heavy atom. The molecule has 0 saturated heterocycles. The van der Waals surface area contributed by atoms with Crippen LogP contribution < -0.4 is 11.1 Å². The molecule has 0 heterocycles. The molecule has 1 atom stereocenters. The Hall–Kier alpha value is -0.400. The minimum atomic E-state index is -4.08. The van der Waals surface area contributed by atoms with Crippen LogP contribution in [0, 0.1) is 0 Å². The topological polar surface area (TPSA) is 92.4 Å². The zero-order chi connectivity index (χ0) is 8.36. The van der Waals surface area contributed by atoms with Crippen molar-refractivity contribution in [2.24, 2.45) is 5.73 Å². The molecular formula is C3H8N2O3S2. The quantitative estimate of drug-likeness (QED) is 0.378. The van der Waals surface area contributed by atoms with Crippen LogP contribution in [0.2, 0.25) is 0 Å². The summed E-state index contributed by atoms with van der Waals surface area (Å²) >= 11 is 4.33. The average molecular weight is 184 g/mol. The van der Waals surface area contributed by atoms with Crippen LogP contribution in [0.5, 0.6) is 0 Å². The number of nitrogens with one attached hydrogen (secondary N) is 1. The average Bonchev–Trinajstić information content (AvgIpc) is 1.60. The van der Waals surface area contributed by atoms with E-state index in [1.54, 1.807) is 0 Å². The van der Waals surface area contributed by atoms with Gasteiger partial charge in [-0.1, -0.05) is 0 Å². The van der Waals surface area contributed by atoms with E-state index in [1.165, 1.54) is 6.92 Å². The van der Waals surface area contributed by atoms with Gasteiger partial charge < -0.3 is 11.1 Å². The summed E-state index contributed by atoms with van der Waals surface area (Å²) in [6.07, 6.45) is 0. The van der Waals surface area contributed by atoms with Crippen molar-refractivity contribution in [3.8, 4) is 0 Å². The van der Waals surface area contributed by atoms with Gasteiger partial charge in [0.05, 0.1) is 0 Å². The number of hydrogen-bond acceptors (Lipinski definition) is 3. The molecular weight excluding hydrogens is 176 g/mol. The molecule has 4 N–H and O–H groups in total. The number of rotatable bonds is 2. The summed E-state index contributed by atoms with van der Waals surface area (Å²) in [6.45, 7) is 1.23. The van der Waals surface area contributed by atoms with Crippen LogP contribution in [0.1, 0.15) is 6.92 Å². The maximum absolute atomic E-state index is 10.2. The highest BCUT2D eigenvalue weighted by Crippen LogP contribution is 1.90. The van der Waals surface area contributed by atoms with Crippen molar-refractivity contribution in [3.63, 3.8) is 0 Å². The van der Waals surface area contributed by atoms with E-state index in [4.69, 9.17) is 10.3 Å². The molecule has 7 heteroatoms. The molecule has 0 aromatic carbocycles. The molecule has 0 amide bonds. The van der Waals surface area contributed by atoms with Gasteiger partial charge in [-0.05, 0) is 19.1 Å². The van der Waals surface area contributed by atoms with Crippen LogP contribution >= 0.6 is 12.2 Å². The van der Waals surface area contributed by atoms with Gasteiger partial charge in [0.15, 0.2) is 10.5 Å². The van der Waals surface area contributed by atoms with Crippen molar-refractivity contribution in [2.75, 3.05) is 0 Å². The van der Waals surface area contributed by atoms with E-state index in [2.05, 4.69) is 17.5 Å². The van der Waals surface area contributed by atoms with Gasteiger partial charge >= 0.3 is 0 Å². The highest BCUT2D eigenvalue weighted by atomic mass is 32.2. The van der Waals surface area contributed by atoms with Gasteiger partial charge in [-0.2, -0.15) is 8.42 Å². The third-order valence-electron chi connectivity index (χ3n) is 0.792. The maximum atomic E-state index is 10.2. The first-order chi connectivity index (χ1) is 4.34. The second kappa shape index (κ2) is 3.13. The zero-order valence-corrected chi connectivity index (χ0v) is 6.87. The van der Waals surface area contributed by atoms with Crippen LogP contribution in [0.15, 0.2) is 0 Å². The van der Waals surface area contributed by atoms with Gasteiger partial charge in [0.1, 0.15) is 0 Å². The lowest BCUT2D eigenvalue weighted by Gasteiger charge is -2.08. The van der Waals surface area contributed by atoms with E-state index in [9.17, 15) is 8.42 Å². The highest BCUT2D eigenvalue weighted by molar-refractivity contribution is 7.86. The molecule has 0 spiro atoms. The van der Waals surface area contributed by atoms with Crippen LogP contribution in [0.4, 0.5) is 0 Å². The molecule has 0 aromatic rings. The first-order valence-electron chi connectivity index (χ1n) is 2.36. The standard InChI is InChI=1S/C3H8N2O3S2/c1-2(5-3(4)9)10(6,7)8/h2H,1H3,(H3,4,5,9)(H,6,7,8).